The number of nitrogens with zero attached hydrogens (tertiary/aromatic N) is 3. The van der Waals surface area contributed by atoms with Crippen LogP contribution >= 0.6 is 0 Å². The summed E-state index contributed by atoms with van der Waals surface area (Å²) in [7, 11) is 3.42. The van der Waals surface area contributed by atoms with E-state index in [9.17, 15) is 9.59 Å². The van der Waals surface area contributed by atoms with E-state index < -0.39 is 0 Å². The van der Waals surface area contributed by atoms with Crippen molar-refractivity contribution >= 4 is 17.5 Å². The summed E-state index contributed by atoms with van der Waals surface area (Å²) in [4.78, 5) is 30.0. The molecule has 6 nitrogen and oxygen atoms in total. The highest BCUT2D eigenvalue weighted by molar-refractivity contribution is 5.89. The minimum atomic E-state index is -0.170. The first kappa shape index (κ1) is 15.6. The molecule has 2 aliphatic rings. The van der Waals surface area contributed by atoms with E-state index in [4.69, 9.17) is 4.74 Å². The van der Waals surface area contributed by atoms with Crippen LogP contribution in [0.2, 0.25) is 0 Å². The zero-order valence-electron chi connectivity index (χ0n) is 13.7. The Kier molecular flexibility index (Phi) is 4.41. The molecule has 2 aliphatic heterocycles. The van der Waals surface area contributed by atoms with Gasteiger partial charge in [-0.1, -0.05) is 6.07 Å². The van der Waals surface area contributed by atoms with Crippen molar-refractivity contribution in [2.45, 2.75) is 6.42 Å². The lowest BCUT2D eigenvalue weighted by atomic mass is 10.1. The van der Waals surface area contributed by atoms with Gasteiger partial charge in [0.15, 0.2) is 0 Å². The number of hydrogen-bond acceptors (Lipinski definition) is 4. The standard InChI is InChI=1S/C17H23N3O3/c1-18-12-13(10-16(18)21)17(22)20-8-6-19(7-9-20)14-4-3-5-15(11-14)23-2/h3-5,11,13H,6-10,12H2,1-2H3/t13-/m0/s1. The third kappa shape index (κ3) is 3.25. The zero-order valence-corrected chi connectivity index (χ0v) is 13.7. The summed E-state index contributed by atoms with van der Waals surface area (Å²) in [5.41, 5.74) is 1.12. The van der Waals surface area contributed by atoms with Gasteiger partial charge in [0.1, 0.15) is 5.75 Å². The number of benzene rings is 1. The van der Waals surface area contributed by atoms with Crippen molar-refractivity contribution in [3.8, 4) is 5.75 Å². The van der Waals surface area contributed by atoms with Gasteiger partial charge in [0.25, 0.3) is 0 Å². The molecule has 3 rings (SSSR count). The van der Waals surface area contributed by atoms with Crippen molar-refractivity contribution in [3.05, 3.63) is 24.3 Å². The molecule has 6 heteroatoms. The lowest BCUT2D eigenvalue weighted by molar-refractivity contribution is -0.136. The van der Waals surface area contributed by atoms with Crippen LogP contribution in [0.4, 0.5) is 5.69 Å². The SMILES string of the molecule is COc1cccc(N2CCN(C(=O)[C@H]3CC(=O)N(C)C3)CC2)c1. The maximum absolute atomic E-state index is 12.5. The van der Waals surface area contributed by atoms with Gasteiger partial charge in [-0.3, -0.25) is 9.59 Å². The fourth-order valence-corrected chi connectivity index (χ4v) is 3.28. The molecule has 0 aliphatic carbocycles. The van der Waals surface area contributed by atoms with E-state index in [-0.39, 0.29) is 17.7 Å². The van der Waals surface area contributed by atoms with Crippen LogP contribution in [0.3, 0.4) is 0 Å². The molecule has 0 spiro atoms. The molecule has 0 unspecified atom stereocenters. The van der Waals surface area contributed by atoms with Crippen molar-refractivity contribution in [2.24, 2.45) is 5.92 Å². The van der Waals surface area contributed by atoms with E-state index in [0.717, 1.165) is 24.5 Å². The van der Waals surface area contributed by atoms with Crippen LogP contribution in [-0.4, -0.2) is 68.5 Å². The zero-order chi connectivity index (χ0) is 16.4. The number of anilines is 1. The molecule has 0 radical (unpaired) electrons. The van der Waals surface area contributed by atoms with Crippen molar-refractivity contribution in [1.82, 2.24) is 9.80 Å². The van der Waals surface area contributed by atoms with Gasteiger partial charge in [-0.15, -0.1) is 0 Å². The van der Waals surface area contributed by atoms with Gasteiger partial charge >= 0.3 is 0 Å². The first-order valence-electron chi connectivity index (χ1n) is 8.00. The lowest BCUT2D eigenvalue weighted by Gasteiger charge is -2.37. The highest BCUT2D eigenvalue weighted by Crippen LogP contribution is 2.24. The predicted octanol–water partition coefficient (Wildman–Crippen LogP) is 0.822. The van der Waals surface area contributed by atoms with Crippen LogP contribution in [0.15, 0.2) is 24.3 Å². The number of piperazine rings is 1. The van der Waals surface area contributed by atoms with Gasteiger partial charge < -0.3 is 19.4 Å². The number of hydrogen-bond donors (Lipinski definition) is 0. The van der Waals surface area contributed by atoms with Crippen LogP contribution in [-0.2, 0) is 9.59 Å². The fraction of sp³-hybridized carbons (Fsp3) is 0.529. The summed E-state index contributed by atoms with van der Waals surface area (Å²) in [5.74, 6) is 0.857. The molecule has 2 saturated heterocycles. The van der Waals surface area contributed by atoms with Crippen molar-refractivity contribution in [2.75, 3.05) is 51.8 Å². The van der Waals surface area contributed by atoms with E-state index in [1.165, 1.54) is 0 Å². The number of ether oxygens (including phenoxy) is 1. The molecule has 124 valence electrons. The summed E-state index contributed by atoms with van der Waals surface area (Å²) in [5, 5.41) is 0. The van der Waals surface area contributed by atoms with Gasteiger partial charge in [-0.2, -0.15) is 0 Å². The monoisotopic (exact) mass is 317 g/mol. The maximum atomic E-state index is 12.5. The molecule has 0 aromatic heterocycles. The minimum Gasteiger partial charge on any atom is -0.497 e. The molecule has 23 heavy (non-hydrogen) atoms. The van der Waals surface area contributed by atoms with Crippen LogP contribution in [0, 0.1) is 5.92 Å². The number of amides is 2. The smallest absolute Gasteiger partial charge is 0.228 e. The van der Waals surface area contributed by atoms with Crippen LogP contribution in [0.1, 0.15) is 6.42 Å². The molecule has 2 fully saturated rings. The lowest BCUT2D eigenvalue weighted by Crippen LogP contribution is -2.50. The second kappa shape index (κ2) is 6.48. The van der Waals surface area contributed by atoms with Crippen LogP contribution < -0.4 is 9.64 Å². The Morgan fingerprint density at radius 3 is 2.57 bits per heavy atom. The predicted molar refractivity (Wildman–Crippen MR) is 87.5 cm³/mol. The van der Waals surface area contributed by atoms with Gasteiger partial charge in [0, 0.05) is 57.9 Å². The molecule has 2 amide bonds. The average Bonchev–Trinajstić information content (AvgIpc) is 2.93. The Morgan fingerprint density at radius 1 is 1.22 bits per heavy atom. The van der Waals surface area contributed by atoms with Gasteiger partial charge in [-0.05, 0) is 12.1 Å². The third-order valence-corrected chi connectivity index (χ3v) is 4.70. The molecule has 0 N–H and O–H groups in total. The van der Waals surface area contributed by atoms with E-state index in [1.54, 1.807) is 19.1 Å². The van der Waals surface area contributed by atoms with E-state index in [0.29, 0.717) is 26.1 Å². The molecule has 0 bridgehead atoms. The third-order valence-electron chi connectivity index (χ3n) is 4.70. The minimum absolute atomic E-state index is 0.0679. The molecule has 0 saturated carbocycles. The Morgan fingerprint density at radius 2 is 1.96 bits per heavy atom. The van der Waals surface area contributed by atoms with E-state index in [2.05, 4.69) is 11.0 Å². The highest BCUT2D eigenvalue weighted by Gasteiger charge is 2.35. The summed E-state index contributed by atoms with van der Waals surface area (Å²) in [6.07, 6.45) is 0.353. The second-order valence-electron chi connectivity index (χ2n) is 6.19. The van der Waals surface area contributed by atoms with E-state index >= 15 is 0 Å². The molecular weight excluding hydrogens is 294 g/mol. The Bertz CT molecular complexity index is 597. The van der Waals surface area contributed by atoms with Gasteiger partial charge in [0.05, 0.1) is 13.0 Å². The Balaban J connectivity index is 1.58. The first-order valence-corrected chi connectivity index (χ1v) is 8.00. The number of carbonyl (C=O) groups excluding carboxylic acids is 2. The molecule has 2 heterocycles. The topological polar surface area (TPSA) is 53.1 Å². The summed E-state index contributed by atoms with van der Waals surface area (Å²) >= 11 is 0. The quantitative estimate of drug-likeness (QED) is 0.828. The normalized spacial score (nSPS) is 21.7. The summed E-state index contributed by atoms with van der Waals surface area (Å²) < 4.78 is 5.26. The summed E-state index contributed by atoms with van der Waals surface area (Å²) in [6, 6.07) is 7.98. The number of rotatable bonds is 3. The average molecular weight is 317 g/mol. The van der Waals surface area contributed by atoms with Crippen molar-refractivity contribution in [1.29, 1.82) is 0 Å². The fourth-order valence-electron chi connectivity index (χ4n) is 3.28. The molecule has 1 aromatic carbocycles. The first-order chi connectivity index (χ1) is 11.1. The Labute approximate surface area is 136 Å². The molecular formula is C17H23N3O3. The van der Waals surface area contributed by atoms with Crippen LogP contribution in [0.5, 0.6) is 5.75 Å². The van der Waals surface area contributed by atoms with Crippen molar-refractivity contribution < 1.29 is 14.3 Å². The maximum Gasteiger partial charge on any atom is 0.228 e. The van der Waals surface area contributed by atoms with E-state index in [1.807, 2.05) is 23.1 Å². The molecule has 1 atom stereocenters. The Hall–Kier alpha value is -2.24. The van der Waals surface area contributed by atoms with Crippen molar-refractivity contribution in [3.63, 3.8) is 0 Å². The highest BCUT2D eigenvalue weighted by atomic mass is 16.5. The van der Waals surface area contributed by atoms with Gasteiger partial charge in [-0.25, -0.2) is 0 Å². The number of methoxy groups -OCH3 is 1. The number of carbonyl (C=O) groups is 2. The molecule has 1 aromatic rings. The van der Waals surface area contributed by atoms with Gasteiger partial charge in [0.2, 0.25) is 11.8 Å². The van der Waals surface area contributed by atoms with Crippen LogP contribution in [0.25, 0.3) is 0 Å². The summed E-state index contributed by atoms with van der Waals surface area (Å²) in [6.45, 7) is 3.55. The largest absolute Gasteiger partial charge is 0.497 e. The second-order valence-corrected chi connectivity index (χ2v) is 6.19. The number of likely N-dealkylation sites (tertiary alicyclic amines) is 1.